The number of hydrogen-bond donors (Lipinski definition) is 0. The second kappa shape index (κ2) is 5.99. The van der Waals surface area contributed by atoms with Gasteiger partial charge >= 0.3 is 155 Å². The fourth-order valence-corrected chi connectivity index (χ4v) is 15.9. The number of halogens is 2. The van der Waals surface area contributed by atoms with Gasteiger partial charge in [0, 0.05) is 0 Å². The Bertz CT molecular complexity index is 1010. The Balaban J connectivity index is 0.00000140. The maximum atomic E-state index is 2.64. The molecule has 0 aromatic heterocycles. The Kier molecular flexibility index (Phi) is 4.97. The van der Waals surface area contributed by atoms with Crippen LogP contribution in [0.4, 0.5) is 0 Å². The Morgan fingerprint density at radius 2 is 1.39 bits per heavy atom. The van der Waals surface area contributed by atoms with Gasteiger partial charge in [-0.05, 0) is 0 Å². The molecule has 0 bridgehead atoms. The summed E-state index contributed by atoms with van der Waals surface area (Å²) < 4.78 is 2.09. The Morgan fingerprint density at radius 1 is 0.786 bits per heavy atom. The molecule has 0 aliphatic heterocycles. The first-order chi connectivity index (χ1) is 11.9. The van der Waals surface area contributed by atoms with Crippen molar-refractivity contribution in [3.05, 3.63) is 93.4 Å². The number of hydrogen-bond acceptors (Lipinski definition) is 0. The van der Waals surface area contributed by atoms with Crippen LogP contribution in [0.3, 0.4) is 0 Å². The standard InChI is InChI=1S/C15H11.C5H5.5CH3.2ClH.Ti/c1-2-6-12(7-3-1)15-10-13-8-4-5-9-14(13)11-15;1-2-4-5-3-1;;;;;;;;/h1-11H;1-3H,4H2;5*1H3;2*1H;. The molecule has 0 saturated heterocycles. The summed E-state index contributed by atoms with van der Waals surface area (Å²) in [7, 11) is 0. The van der Waals surface area contributed by atoms with E-state index in [1.165, 1.54) is 22.3 Å². The van der Waals surface area contributed by atoms with E-state index in [0.29, 0.717) is 4.22 Å². The topological polar surface area (TPSA) is 0 Å². The van der Waals surface area contributed by atoms with E-state index < -0.39 is 12.7 Å². The van der Waals surface area contributed by atoms with E-state index in [4.69, 9.17) is 0 Å². The van der Waals surface area contributed by atoms with Gasteiger partial charge in [-0.1, -0.05) is 0 Å². The van der Waals surface area contributed by atoms with Gasteiger partial charge in [0.15, 0.2) is 0 Å². The summed E-state index contributed by atoms with van der Waals surface area (Å²) in [6.07, 6.45) is 10.5. The van der Waals surface area contributed by atoms with Crippen molar-refractivity contribution in [2.24, 2.45) is 0 Å². The number of fused-ring (bicyclic) bond motifs is 1. The van der Waals surface area contributed by atoms with E-state index in [-0.39, 0.29) is 24.8 Å². The van der Waals surface area contributed by atoms with Crippen LogP contribution < -0.4 is 0 Å². The molecule has 3 heteroatoms. The van der Waals surface area contributed by atoms with Crippen molar-refractivity contribution in [3.63, 3.8) is 0 Å². The number of rotatable bonds is 3. The molecule has 2 aliphatic rings. The number of allylic oxidation sites excluding steroid dienone is 5. The Morgan fingerprint density at radius 3 is 2.00 bits per heavy atom. The minimum absolute atomic E-state index is 0. The molecule has 4 rings (SSSR count). The Hall–Kier alpha value is -1.05. The zero-order valence-corrected chi connectivity index (χ0v) is 20.8. The molecule has 0 N–H and O–H groups in total. The summed E-state index contributed by atoms with van der Waals surface area (Å²) >= 11 is -4.15. The van der Waals surface area contributed by atoms with Crippen LogP contribution >= 0.6 is 24.8 Å². The molecule has 0 radical (unpaired) electrons. The van der Waals surface area contributed by atoms with Crippen molar-refractivity contribution < 1.29 is 12.7 Å². The van der Waals surface area contributed by atoms with E-state index in [0.717, 1.165) is 6.42 Å². The summed E-state index contributed by atoms with van der Waals surface area (Å²) in [6.45, 7) is 0. The first-order valence-corrected chi connectivity index (χ1v) is 19.4. The van der Waals surface area contributed by atoms with Gasteiger partial charge in [0.1, 0.15) is 0 Å². The molecular weight excluding hydrogens is 419 g/mol. The summed E-state index contributed by atoms with van der Waals surface area (Å²) in [5.74, 6) is 0. The quantitative estimate of drug-likeness (QED) is 0.408. The monoisotopic (exact) mass is 451 g/mol. The van der Waals surface area contributed by atoms with Crippen LogP contribution in [0, 0.1) is 0 Å². The molecule has 2 aromatic rings. The van der Waals surface area contributed by atoms with Crippen molar-refractivity contribution >= 4 is 36.5 Å². The summed E-state index contributed by atoms with van der Waals surface area (Å²) in [6, 6.07) is 20.0. The molecule has 151 valence electrons. The van der Waals surface area contributed by atoms with Crippen LogP contribution in [0.5, 0.6) is 0 Å². The third-order valence-corrected chi connectivity index (χ3v) is 19.3. The maximum absolute atomic E-state index is 4.15. The van der Waals surface area contributed by atoms with Crippen LogP contribution in [0.1, 0.15) is 27.3 Å². The third kappa shape index (κ3) is 3.39. The van der Waals surface area contributed by atoms with E-state index >= 15 is 0 Å². The van der Waals surface area contributed by atoms with Gasteiger partial charge in [-0.3, -0.25) is 0 Å². The van der Waals surface area contributed by atoms with Crippen molar-refractivity contribution in [2.75, 3.05) is 0 Å². The fourth-order valence-electron chi connectivity index (χ4n) is 5.58. The van der Waals surface area contributed by atoms with Gasteiger partial charge in [-0.15, -0.1) is 24.8 Å². The zero-order valence-electron chi connectivity index (χ0n) is 17.6. The van der Waals surface area contributed by atoms with Gasteiger partial charge in [0.2, 0.25) is 0 Å². The minimum atomic E-state index is -4.15. The molecule has 1 unspecified atom stereocenters. The summed E-state index contributed by atoms with van der Waals surface area (Å²) in [5.41, 5.74) is 5.75. The molecule has 1 atom stereocenters. The molecule has 0 saturated carbocycles. The molecule has 0 spiro atoms. The van der Waals surface area contributed by atoms with Crippen LogP contribution in [-0.4, -0.2) is 0 Å². The average Bonchev–Trinajstić information content (AvgIpc) is 3.23. The van der Waals surface area contributed by atoms with E-state index in [9.17, 15) is 0 Å². The molecule has 0 fully saturated rings. The average molecular weight is 452 g/mol. The van der Waals surface area contributed by atoms with Gasteiger partial charge in [-0.2, -0.15) is 0 Å². The van der Waals surface area contributed by atoms with Crippen LogP contribution in [-0.2, 0) is 12.7 Å². The number of benzene rings is 2. The van der Waals surface area contributed by atoms with Crippen molar-refractivity contribution in [3.8, 4) is 0 Å². The first kappa shape index (κ1) is 23.2. The molecule has 2 aromatic carbocycles. The summed E-state index contributed by atoms with van der Waals surface area (Å²) in [4.78, 5) is 0. The fraction of sp³-hybridized carbons (Fsp3) is 0.280. The van der Waals surface area contributed by atoms with Crippen LogP contribution in [0.15, 0.2) is 76.7 Å². The molecular formula is C25H33Cl2Ti. The first-order valence-electron chi connectivity index (χ1n) is 9.90. The van der Waals surface area contributed by atoms with Gasteiger partial charge in [0.05, 0.1) is 0 Å². The van der Waals surface area contributed by atoms with Crippen LogP contribution in [0.25, 0.3) is 11.6 Å². The molecule has 0 nitrogen and oxygen atoms in total. The van der Waals surface area contributed by atoms with Gasteiger partial charge in [0.25, 0.3) is 0 Å². The normalized spacial score (nSPS) is 21.6. The van der Waals surface area contributed by atoms with Crippen LogP contribution in [0.2, 0.25) is 26.1 Å². The van der Waals surface area contributed by atoms with Crippen molar-refractivity contribution in [2.45, 2.75) is 36.8 Å². The molecule has 0 amide bonds. The molecule has 2 aliphatic carbocycles. The van der Waals surface area contributed by atoms with Gasteiger partial charge in [-0.25, -0.2) is 0 Å². The van der Waals surface area contributed by atoms with Gasteiger partial charge < -0.3 is 0 Å². The predicted octanol–water partition coefficient (Wildman–Crippen LogP) is 8.97. The second-order valence-electron chi connectivity index (χ2n) is 13.2. The van der Waals surface area contributed by atoms with Crippen molar-refractivity contribution in [1.29, 1.82) is 0 Å². The predicted molar refractivity (Wildman–Crippen MR) is 129 cm³/mol. The SMILES string of the molecule is Cl.Cl.[CH3][Ti]([CH3])([CH3])([CH3])([CH3])([C]1=CC=CC1)[CH]1C(c2ccccc2)=Cc2ccccc21. The van der Waals surface area contributed by atoms with E-state index in [1.807, 2.05) is 0 Å². The molecule has 28 heavy (non-hydrogen) atoms. The Labute approximate surface area is 178 Å². The van der Waals surface area contributed by atoms with Crippen molar-refractivity contribution in [1.82, 2.24) is 0 Å². The summed E-state index contributed by atoms with van der Waals surface area (Å²) in [5, 5.41) is 13.2. The third-order valence-electron chi connectivity index (χ3n) is 7.19. The van der Waals surface area contributed by atoms with E-state index in [1.54, 1.807) is 3.88 Å². The molecule has 0 heterocycles. The van der Waals surface area contributed by atoms with E-state index in [2.05, 4.69) is 105 Å². The second-order valence-corrected chi connectivity index (χ2v) is 39.6. The zero-order chi connectivity index (χ0) is 18.7.